The minimum absolute atomic E-state index is 0.0746. The fourth-order valence-corrected chi connectivity index (χ4v) is 3.24. The number of aliphatic carboxylic acids is 1. The van der Waals surface area contributed by atoms with E-state index >= 15 is 0 Å². The molecule has 0 fully saturated rings. The quantitative estimate of drug-likeness (QED) is 0.760. The molecule has 118 valence electrons. The number of benzene rings is 1. The third-order valence-electron chi connectivity index (χ3n) is 2.82. The topological polar surface area (TPSA) is 92.7 Å². The molecule has 0 aliphatic heterocycles. The molecule has 1 unspecified atom stereocenters. The minimum atomic E-state index is -3.74. The number of hydrogen-bond acceptors (Lipinski definition) is 4. The summed E-state index contributed by atoms with van der Waals surface area (Å²) < 4.78 is 31.4. The Balaban J connectivity index is 2.82. The van der Waals surface area contributed by atoms with Gasteiger partial charge in [-0.05, 0) is 30.0 Å². The molecule has 7 heteroatoms. The van der Waals surface area contributed by atoms with Crippen LogP contribution in [0.2, 0.25) is 0 Å². The van der Waals surface area contributed by atoms with Gasteiger partial charge in [-0.2, -0.15) is 0 Å². The first-order chi connectivity index (χ1) is 9.73. The molecule has 0 aliphatic carbocycles. The van der Waals surface area contributed by atoms with Gasteiger partial charge < -0.3 is 9.84 Å². The molecule has 0 bridgehead atoms. The zero-order valence-electron chi connectivity index (χ0n) is 12.4. The van der Waals surface area contributed by atoms with Crippen molar-refractivity contribution in [3.05, 3.63) is 29.8 Å². The fourth-order valence-electron chi connectivity index (χ4n) is 1.91. The predicted molar refractivity (Wildman–Crippen MR) is 79.6 cm³/mol. The average molecular weight is 315 g/mol. The smallest absolute Gasteiger partial charge is 0.321 e. The molecule has 0 amide bonds. The molecule has 0 saturated carbocycles. The SMILES string of the molecule is COc1cccc(CS(=O)(=O)NC(CC(C)C)C(=O)O)c1. The van der Waals surface area contributed by atoms with Crippen LogP contribution >= 0.6 is 0 Å². The van der Waals surface area contributed by atoms with Crippen LogP contribution in [0.1, 0.15) is 25.8 Å². The number of methoxy groups -OCH3 is 1. The van der Waals surface area contributed by atoms with Crippen LogP contribution in [0.4, 0.5) is 0 Å². The van der Waals surface area contributed by atoms with Crippen molar-refractivity contribution in [3.8, 4) is 5.75 Å². The van der Waals surface area contributed by atoms with E-state index in [2.05, 4.69) is 4.72 Å². The second-order valence-corrected chi connectivity index (χ2v) is 7.00. The Morgan fingerprint density at radius 3 is 2.57 bits per heavy atom. The van der Waals surface area contributed by atoms with Crippen molar-refractivity contribution in [1.82, 2.24) is 4.72 Å². The molecule has 1 atom stereocenters. The lowest BCUT2D eigenvalue weighted by Gasteiger charge is -2.16. The summed E-state index contributed by atoms with van der Waals surface area (Å²) in [6.07, 6.45) is 0.243. The van der Waals surface area contributed by atoms with Gasteiger partial charge >= 0.3 is 5.97 Å². The summed E-state index contributed by atoms with van der Waals surface area (Å²) in [5.74, 6) is -0.824. The van der Waals surface area contributed by atoms with E-state index < -0.39 is 22.0 Å². The number of carbonyl (C=O) groups is 1. The van der Waals surface area contributed by atoms with Crippen LogP contribution in [0.25, 0.3) is 0 Å². The molecule has 2 N–H and O–H groups in total. The van der Waals surface area contributed by atoms with E-state index in [1.807, 2.05) is 13.8 Å². The van der Waals surface area contributed by atoms with Crippen molar-refractivity contribution in [2.45, 2.75) is 32.1 Å². The Morgan fingerprint density at radius 1 is 1.38 bits per heavy atom. The molecule has 1 aromatic carbocycles. The first kappa shape index (κ1) is 17.5. The number of carboxylic acids is 1. The Hall–Kier alpha value is -1.60. The Kier molecular flexibility index (Phi) is 6.17. The van der Waals surface area contributed by atoms with E-state index in [4.69, 9.17) is 9.84 Å². The van der Waals surface area contributed by atoms with Gasteiger partial charge in [-0.1, -0.05) is 26.0 Å². The molecular weight excluding hydrogens is 294 g/mol. The zero-order chi connectivity index (χ0) is 16.0. The number of carboxylic acid groups (broad SMARTS) is 1. The summed E-state index contributed by atoms with van der Waals surface area (Å²) in [6, 6.07) is 5.55. The number of sulfonamides is 1. The van der Waals surface area contributed by atoms with Crippen molar-refractivity contribution < 1.29 is 23.1 Å². The molecule has 0 aliphatic rings. The monoisotopic (exact) mass is 315 g/mol. The van der Waals surface area contributed by atoms with Crippen molar-refractivity contribution in [3.63, 3.8) is 0 Å². The normalized spacial score (nSPS) is 13.1. The average Bonchev–Trinajstić information content (AvgIpc) is 2.36. The molecule has 0 aromatic heterocycles. The second-order valence-electron chi connectivity index (χ2n) is 5.25. The molecular formula is C14H21NO5S. The number of rotatable bonds is 8. The van der Waals surface area contributed by atoms with Crippen molar-refractivity contribution >= 4 is 16.0 Å². The molecule has 0 spiro atoms. The van der Waals surface area contributed by atoms with Gasteiger partial charge in [-0.3, -0.25) is 4.79 Å². The Morgan fingerprint density at radius 2 is 2.05 bits per heavy atom. The lowest BCUT2D eigenvalue weighted by atomic mass is 10.1. The highest BCUT2D eigenvalue weighted by molar-refractivity contribution is 7.88. The summed E-state index contributed by atoms with van der Waals surface area (Å²) in [4.78, 5) is 11.1. The zero-order valence-corrected chi connectivity index (χ0v) is 13.2. The summed E-state index contributed by atoms with van der Waals surface area (Å²) in [7, 11) is -2.24. The van der Waals surface area contributed by atoms with Gasteiger partial charge in [0, 0.05) is 0 Å². The Labute approximate surface area is 125 Å². The Bertz CT molecular complexity index is 583. The predicted octanol–water partition coefficient (Wildman–Crippen LogP) is 1.61. The fraction of sp³-hybridized carbons (Fsp3) is 0.500. The molecule has 0 saturated heterocycles. The summed E-state index contributed by atoms with van der Waals surface area (Å²) in [5, 5.41) is 9.09. The van der Waals surface area contributed by atoms with Gasteiger partial charge in [0.2, 0.25) is 10.0 Å². The van der Waals surface area contributed by atoms with Gasteiger partial charge in [0.1, 0.15) is 11.8 Å². The van der Waals surface area contributed by atoms with Gasteiger partial charge in [-0.15, -0.1) is 0 Å². The summed E-state index contributed by atoms with van der Waals surface area (Å²) >= 11 is 0. The lowest BCUT2D eigenvalue weighted by Crippen LogP contribution is -2.42. The van der Waals surface area contributed by atoms with Crippen LogP contribution in [0.5, 0.6) is 5.75 Å². The maximum Gasteiger partial charge on any atom is 0.321 e. The highest BCUT2D eigenvalue weighted by Gasteiger charge is 2.25. The molecule has 1 rings (SSSR count). The van der Waals surface area contributed by atoms with Gasteiger partial charge in [0.15, 0.2) is 0 Å². The van der Waals surface area contributed by atoms with Crippen molar-refractivity contribution in [2.24, 2.45) is 5.92 Å². The van der Waals surface area contributed by atoms with Crippen LogP contribution in [-0.2, 0) is 20.6 Å². The second kappa shape index (κ2) is 7.42. The minimum Gasteiger partial charge on any atom is -0.497 e. The van der Waals surface area contributed by atoms with E-state index in [1.165, 1.54) is 7.11 Å². The third kappa shape index (κ3) is 6.14. The highest BCUT2D eigenvalue weighted by Crippen LogP contribution is 2.15. The summed E-state index contributed by atoms with van der Waals surface area (Å²) in [6.45, 7) is 3.68. The van der Waals surface area contributed by atoms with E-state index in [1.54, 1.807) is 24.3 Å². The maximum atomic E-state index is 12.1. The molecule has 1 aromatic rings. The van der Waals surface area contributed by atoms with Crippen LogP contribution in [0.15, 0.2) is 24.3 Å². The van der Waals surface area contributed by atoms with Gasteiger partial charge in [0.05, 0.1) is 12.9 Å². The number of ether oxygens (including phenoxy) is 1. The van der Waals surface area contributed by atoms with E-state index in [9.17, 15) is 13.2 Å². The standard InChI is InChI=1S/C14H21NO5S/c1-10(2)7-13(14(16)17)15-21(18,19)9-11-5-4-6-12(8-11)20-3/h4-6,8,10,13,15H,7,9H2,1-3H3,(H,16,17). The molecule has 0 radical (unpaired) electrons. The van der Waals surface area contributed by atoms with Crippen molar-refractivity contribution in [1.29, 1.82) is 0 Å². The lowest BCUT2D eigenvalue weighted by molar-refractivity contribution is -0.139. The first-order valence-corrected chi connectivity index (χ1v) is 8.24. The first-order valence-electron chi connectivity index (χ1n) is 6.59. The van der Waals surface area contributed by atoms with E-state index in [0.29, 0.717) is 11.3 Å². The molecule has 0 heterocycles. The largest absolute Gasteiger partial charge is 0.497 e. The van der Waals surface area contributed by atoms with Crippen LogP contribution in [0, 0.1) is 5.92 Å². The summed E-state index contributed by atoms with van der Waals surface area (Å²) in [5.41, 5.74) is 0.538. The van der Waals surface area contributed by atoms with E-state index in [-0.39, 0.29) is 18.1 Å². The highest BCUT2D eigenvalue weighted by atomic mass is 32.2. The van der Waals surface area contributed by atoms with Gasteiger partial charge in [-0.25, -0.2) is 13.1 Å². The number of hydrogen-bond donors (Lipinski definition) is 2. The van der Waals surface area contributed by atoms with Crippen molar-refractivity contribution in [2.75, 3.05) is 7.11 Å². The molecule has 21 heavy (non-hydrogen) atoms. The van der Waals surface area contributed by atoms with Crippen LogP contribution in [-0.4, -0.2) is 32.6 Å². The maximum absolute atomic E-state index is 12.1. The molecule has 6 nitrogen and oxygen atoms in total. The van der Waals surface area contributed by atoms with Crippen LogP contribution in [0.3, 0.4) is 0 Å². The number of nitrogens with one attached hydrogen (secondary N) is 1. The third-order valence-corrected chi connectivity index (χ3v) is 4.17. The van der Waals surface area contributed by atoms with Crippen LogP contribution < -0.4 is 9.46 Å². The van der Waals surface area contributed by atoms with Gasteiger partial charge in [0.25, 0.3) is 0 Å². The van der Waals surface area contributed by atoms with E-state index in [0.717, 1.165) is 0 Å².